The first kappa shape index (κ1) is 17.8. The quantitative estimate of drug-likeness (QED) is 0.627. The van der Waals surface area contributed by atoms with E-state index in [1.54, 1.807) is 0 Å². The highest BCUT2D eigenvalue weighted by Crippen LogP contribution is 2.32. The van der Waals surface area contributed by atoms with E-state index in [4.69, 9.17) is 28.3 Å². The van der Waals surface area contributed by atoms with Gasteiger partial charge in [0.25, 0.3) is 0 Å². The van der Waals surface area contributed by atoms with Gasteiger partial charge in [0, 0.05) is 34.1 Å². The molecule has 1 aromatic heterocycles. The van der Waals surface area contributed by atoms with Crippen molar-refractivity contribution in [2.45, 2.75) is 33.2 Å². The van der Waals surface area contributed by atoms with Crippen LogP contribution in [0.5, 0.6) is 0 Å². The highest BCUT2D eigenvalue weighted by atomic mass is 35.5. The van der Waals surface area contributed by atoms with Gasteiger partial charge < -0.3 is 9.67 Å². The van der Waals surface area contributed by atoms with Crippen molar-refractivity contribution >= 4 is 40.1 Å². The van der Waals surface area contributed by atoms with Crippen LogP contribution in [0.1, 0.15) is 28.8 Å². The lowest BCUT2D eigenvalue weighted by Gasteiger charge is -2.10. The lowest BCUT2D eigenvalue weighted by atomic mass is 10.0. The van der Waals surface area contributed by atoms with Gasteiger partial charge in [-0.2, -0.15) is 0 Å². The van der Waals surface area contributed by atoms with Gasteiger partial charge in [-0.15, -0.1) is 0 Å². The van der Waals surface area contributed by atoms with E-state index in [2.05, 4.69) is 10.6 Å². The number of aromatic nitrogens is 1. The minimum absolute atomic E-state index is 0.110. The van der Waals surface area contributed by atoms with E-state index in [1.807, 2.05) is 44.2 Å². The number of hydrogen-bond acceptors (Lipinski definition) is 1. The maximum absolute atomic E-state index is 11.0. The Labute approximate surface area is 156 Å². The zero-order valence-corrected chi connectivity index (χ0v) is 15.7. The normalized spacial score (nSPS) is 11.2. The fourth-order valence-corrected chi connectivity index (χ4v) is 3.61. The zero-order chi connectivity index (χ0) is 18.1. The van der Waals surface area contributed by atoms with Gasteiger partial charge in [-0.3, -0.25) is 4.79 Å². The maximum Gasteiger partial charge on any atom is 0.303 e. The molecular weight excluding hydrogens is 357 g/mol. The van der Waals surface area contributed by atoms with E-state index in [0.717, 1.165) is 33.3 Å². The van der Waals surface area contributed by atoms with E-state index < -0.39 is 5.97 Å². The van der Waals surface area contributed by atoms with Crippen LogP contribution in [0.15, 0.2) is 36.4 Å². The fourth-order valence-electron chi connectivity index (χ4n) is 3.24. The van der Waals surface area contributed by atoms with Crippen LogP contribution in [-0.2, 0) is 17.8 Å². The predicted molar refractivity (Wildman–Crippen MR) is 103 cm³/mol. The first-order chi connectivity index (χ1) is 11.9. The number of benzene rings is 2. The maximum atomic E-state index is 11.0. The average Bonchev–Trinajstić information content (AvgIpc) is 2.78. The third-order valence-corrected chi connectivity index (χ3v) is 5.20. The number of carboxylic acids is 1. The summed E-state index contributed by atoms with van der Waals surface area (Å²) < 4.78 is 2.18. The van der Waals surface area contributed by atoms with Crippen LogP contribution >= 0.6 is 23.2 Å². The first-order valence-electron chi connectivity index (χ1n) is 8.11. The smallest absolute Gasteiger partial charge is 0.303 e. The second-order valence-corrected chi connectivity index (χ2v) is 7.14. The summed E-state index contributed by atoms with van der Waals surface area (Å²) in [6, 6.07) is 11.8. The monoisotopic (exact) mass is 375 g/mol. The van der Waals surface area contributed by atoms with E-state index >= 15 is 0 Å². The number of aryl methyl sites for hydroxylation is 2. The lowest BCUT2D eigenvalue weighted by Crippen LogP contribution is -2.03. The van der Waals surface area contributed by atoms with Crippen molar-refractivity contribution in [1.29, 1.82) is 0 Å². The average molecular weight is 376 g/mol. The van der Waals surface area contributed by atoms with Gasteiger partial charge in [0.2, 0.25) is 0 Å². The van der Waals surface area contributed by atoms with Crippen molar-refractivity contribution in [3.63, 3.8) is 0 Å². The standard InChI is InChI=1S/C20H19Cl2NO2/c1-12-8-17-16(6-7-20(24)25)13(2)23(19(17)10-18(12)22)11-14-4-3-5-15(21)9-14/h3-5,8-10H,6-7,11H2,1-2H3,(H,24,25). The second-order valence-electron chi connectivity index (χ2n) is 6.29. The minimum atomic E-state index is -0.791. The van der Waals surface area contributed by atoms with Crippen LogP contribution in [0.25, 0.3) is 10.9 Å². The van der Waals surface area contributed by atoms with Gasteiger partial charge >= 0.3 is 5.97 Å². The molecule has 1 heterocycles. The molecule has 3 nitrogen and oxygen atoms in total. The molecule has 2 aromatic carbocycles. The van der Waals surface area contributed by atoms with Crippen LogP contribution in [0, 0.1) is 13.8 Å². The van der Waals surface area contributed by atoms with E-state index in [-0.39, 0.29) is 6.42 Å². The van der Waals surface area contributed by atoms with E-state index in [1.165, 1.54) is 0 Å². The summed E-state index contributed by atoms with van der Waals surface area (Å²) in [7, 11) is 0. The van der Waals surface area contributed by atoms with Gasteiger partial charge in [0.05, 0.1) is 5.52 Å². The molecule has 0 saturated heterocycles. The number of nitrogens with zero attached hydrogens (tertiary/aromatic N) is 1. The molecule has 25 heavy (non-hydrogen) atoms. The number of carbonyl (C=O) groups is 1. The van der Waals surface area contributed by atoms with Crippen molar-refractivity contribution in [2.75, 3.05) is 0 Å². The molecule has 0 saturated carbocycles. The van der Waals surface area contributed by atoms with Crippen molar-refractivity contribution in [2.24, 2.45) is 0 Å². The Morgan fingerprint density at radius 1 is 1.16 bits per heavy atom. The lowest BCUT2D eigenvalue weighted by molar-refractivity contribution is -0.136. The number of hydrogen-bond donors (Lipinski definition) is 1. The summed E-state index contributed by atoms with van der Waals surface area (Å²) in [5.74, 6) is -0.791. The summed E-state index contributed by atoms with van der Waals surface area (Å²) in [4.78, 5) is 11.0. The predicted octanol–water partition coefficient (Wildman–Crippen LogP) is 5.63. The SMILES string of the molecule is Cc1cc2c(CCC(=O)O)c(C)n(Cc3cccc(Cl)c3)c2cc1Cl. The zero-order valence-electron chi connectivity index (χ0n) is 14.1. The molecule has 0 amide bonds. The molecular formula is C20H19Cl2NO2. The van der Waals surface area contributed by atoms with Gasteiger partial charge in [-0.05, 0) is 61.2 Å². The molecule has 0 aliphatic rings. The van der Waals surface area contributed by atoms with E-state index in [9.17, 15) is 4.79 Å². The molecule has 1 N–H and O–H groups in total. The molecule has 0 fully saturated rings. The van der Waals surface area contributed by atoms with Gasteiger partial charge in [0.15, 0.2) is 0 Å². The molecule has 130 valence electrons. The van der Waals surface area contributed by atoms with Gasteiger partial charge in [-0.1, -0.05) is 35.3 Å². The Hall–Kier alpha value is -1.97. The van der Waals surface area contributed by atoms with Gasteiger partial charge in [0.1, 0.15) is 0 Å². The van der Waals surface area contributed by atoms with Crippen LogP contribution in [0.2, 0.25) is 10.0 Å². The molecule has 3 aromatic rings. The summed E-state index contributed by atoms with van der Waals surface area (Å²) in [5.41, 5.74) is 5.24. The van der Waals surface area contributed by atoms with Crippen molar-refractivity contribution in [3.05, 3.63) is 68.8 Å². The fraction of sp³-hybridized carbons (Fsp3) is 0.250. The number of halogens is 2. The summed E-state index contributed by atoms with van der Waals surface area (Å²) in [5, 5.41) is 11.5. The molecule has 0 spiro atoms. The largest absolute Gasteiger partial charge is 0.481 e. The highest BCUT2D eigenvalue weighted by molar-refractivity contribution is 6.32. The molecule has 3 rings (SSSR count). The molecule has 0 aliphatic carbocycles. The molecule has 0 atom stereocenters. The number of rotatable bonds is 5. The van der Waals surface area contributed by atoms with E-state index in [0.29, 0.717) is 23.0 Å². The Morgan fingerprint density at radius 2 is 1.92 bits per heavy atom. The number of fused-ring (bicyclic) bond motifs is 1. The summed E-state index contributed by atoms with van der Waals surface area (Å²) in [6.45, 7) is 4.66. The summed E-state index contributed by atoms with van der Waals surface area (Å²) in [6.07, 6.45) is 0.611. The third kappa shape index (κ3) is 3.68. The molecule has 0 aliphatic heterocycles. The Morgan fingerprint density at radius 3 is 2.60 bits per heavy atom. The van der Waals surface area contributed by atoms with Crippen LogP contribution in [0.3, 0.4) is 0 Å². The van der Waals surface area contributed by atoms with Crippen LogP contribution in [-0.4, -0.2) is 15.6 Å². The minimum Gasteiger partial charge on any atom is -0.481 e. The highest BCUT2D eigenvalue weighted by Gasteiger charge is 2.16. The molecule has 5 heteroatoms. The molecule has 0 bridgehead atoms. The van der Waals surface area contributed by atoms with Crippen LogP contribution in [0.4, 0.5) is 0 Å². The molecule has 0 radical (unpaired) electrons. The van der Waals surface area contributed by atoms with Crippen molar-refractivity contribution < 1.29 is 9.90 Å². The summed E-state index contributed by atoms with van der Waals surface area (Å²) >= 11 is 12.5. The Balaban J connectivity index is 2.14. The number of carboxylic acid groups (broad SMARTS) is 1. The van der Waals surface area contributed by atoms with Crippen molar-refractivity contribution in [1.82, 2.24) is 4.57 Å². The van der Waals surface area contributed by atoms with Gasteiger partial charge in [-0.25, -0.2) is 0 Å². The second kappa shape index (κ2) is 7.11. The first-order valence-corrected chi connectivity index (χ1v) is 8.86. The Kier molecular flexibility index (Phi) is 5.07. The topological polar surface area (TPSA) is 42.2 Å². The number of aliphatic carboxylic acids is 1. The van der Waals surface area contributed by atoms with Crippen LogP contribution < -0.4 is 0 Å². The van der Waals surface area contributed by atoms with Crippen molar-refractivity contribution in [3.8, 4) is 0 Å². The molecule has 0 unspecified atom stereocenters. The third-order valence-electron chi connectivity index (χ3n) is 4.55. The Bertz CT molecular complexity index is 960.